The van der Waals surface area contributed by atoms with Gasteiger partial charge in [0.05, 0.1) is 0 Å². The van der Waals surface area contributed by atoms with Gasteiger partial charge < -0.3 is 5.32 Å². The average Bonchev–Trinajstić information content (AvgIpc) is 2.93. The summed E-state index contributed by atoms with van der Waals surface area (Å²) in [4.78, 5) is 12.5. The van der Waals surface area contributed by atoms with Crippen molar-refractivity contribution < 1.29 is 9.18 Å². The highest BCUT2D eigenvalue weighted by Gasteiger charge is 2.44. The number of hydrogen-bond donors (Lipinski definition) is 2. The first kappa shape index (κ1) is 14.9. The highest BCUT2D eigenvalue weighted by atomic mass is 19.1. The second kappa shape index (κ2) is 5.76. The van der Waals surface area contributed by atoms with Crippen molar-refractivity contribution >= 4 is 11.6 Å². The molecule has 0 aromatic heterocycles. The summed E-state index contributed by atoms with van der Waals surface area (Å²) >= 11 is 0. The van der Waals surface area contributed by atoms with Gasteiger partial charge in [-0.05, 0) is 30.2 Å². The smallest absolute Gasteiger partial charge is 0.264 e. The topological polar surface area (TPSA) is 44.4 Å². The first-order valence-electron chi connectivity index (χ1n) is 8.02. The lowest BCUT2D eigenvalue weighted by molar-refractivity contribution is -0.130. The maximum atomic E-state index is 13.2. The van der Waals surface area contributed by atoms with E-state index in [9.17, 15) is 9.18 Å². The molecule has 2 aromatic rings. The third-order valence-corrected chi connectivity index (χ3v) is 4.65. The summed E-state index contributed by atoms with van der Waals surface area (Å²) in [5.41, 5.74) is 6.01. The molecule has 1 saturated heterocycles. The van der Waals surface area contributed by atoms with Crippen LogP contribution in [0.15, 0.2) is 60.7 Å². The van der Waals surface area contributed by atoms with Crippen molar-refractivity contribution in [3.8, 4) is 0 Å². The van der Waals surface area contributed by atoms with Gasteiger partial charge in [-0.25, -0.2) is 9.82 Å². The van der Waals surface area contributed by atoms with E-state index in [0.29, 0.717) is 0 Å². The first-order chi connectivity index (χ1) is 11.6. The molecule has 0 radical (unpaired) electrons. The quantitative estimate of drug-likeness (QED) is 0.893. The lowest BCUT2D eigenvalue weighted by atomic mass is 9.90. The molecule has 4 nitrogen and oxygen atoms in total. The van der Waals surface area contributed by atoms with Gasteiger partial charge in [0.2, 0.25) is 0 Å². The summed E-state index contributed by atoms with van der Waals surface area (Å²) in [5, 5.41) is 5.10. The van der Waals surface area contributed by atoms with E-state index in [-0.39, 0.29) is 29.8 Å². The van der Waals surface area contributed by atoms with Crippen LogP contribution in [0.2, 0.25) is 0 Å². The molecule has 2 aliphatic rings. The molecular weight excluding hydrogens is 305 g/mol. The van der Waals surface area contributed by atoms with Gasteiger partial charge in [-0.2, -0.15) is 0 Å². The summed E-state index contributed by atoms with van der Waals surface area (Å²) in [6.07, 6.45) is 1.40. The Morgan fingerprint density at radius 1 is 1.04 bits per heavy atom. The van der Waals surface area contributed by atoms with Gasteiger partial charge in [0.15, 0.2) is 0 Å². The van der Waals surface area contributed by atoms with Crippen molar-refractivity contribution in [1.29, 1.82) is 0 Å². The number of nitrogens with one attached hydrogen (secondary N) is 2. The zero-order chi connectivity index (χ0) is 16.7. The molecule has 2 aromatic carbocycles. The molecule has 24 heavy (non-hydrogen) atoms. The number of hydrazine groups is 1. The fraction of sp³-hybridized carbons (Fsp3) is 0.211. The minimum absolute atomic E-state index is 0.0296. The van der Waals surface area contributed by atoms with E-state index in [1.54, 1.807) is 23.2 Å². The number of rotatable bonds is 2. The molecule has 2 N–H and O–H groups in total. The van der Waals surface area contributed by atoms with Crippen LogP contribution in [-0.4, -0.2) is 23.1 Å². The zero-order valence-corrected chi connectivity index (χ0v) is 13.2. The van der Waals surface area contributed by atoms with Gasteiger partial charge in [-0.15, -0.1) is 0 Å². The van der Waals surface area contributed by atoms with Crippen LogP contribution in [0.25, 0.3) is 5.70 Å². The number of fused-ring (bicyclic) bond motifs is 1. The molecule has 2 aliphatic heterocycles. The highest BCUT2D eigenvalue weighted by Crippen LogP contribution is 2.34. The Balaban J connectivity index is 1.69. The van der Waals surface area contributed by atoms with Gasteiger partial charge in [0.25, 0.3) is 5.91 Å². The van der Waals surface area contributed by atoms with Crippen LogP contribution in [0.4, 0.5) is 4.39 Å². The van der Waals surface area contributed by atoms with E-state index in [2.05, 4.69) is 10.7 Å². The molecule has 2 heterocycles. The van der Waals surface area contributed by atoms with Crippen molar-refractivity contribution in [3.63, 3.8) is 0 Å². The Hall–Kier alpha value is -2.66. The monoisotopic (exact) mass is 323 g/mol. The fourth-order valence-electron chi connectivity index (χ4n) is 3.50. The summed E-state index contributed by atoms with van der Waals surface area (Å²) in [6, 6.07) is 16.3. The molecule has 1 amide bonds. The van der Waals surface area contributed by atoms with Gasteiger partial charge in [-0.3, -0.25) is 9.80 Å². The molecule has 0 spiro atoms. The number of carbonyl (C=O) groups is 1. The molecule has 0 aliphatic carbocycles. The third kappa shape index (κ3) is 2.47. The zero-order valence-electron chi connectivity index (χ0n) is 13.2. The van der Waals surface area contributed by atoms with Gasteiger partial charge in [0.1, 0.15) is 12.0 Å². The molecule has 1 fully saturated rings. The second-order valence-corrected chi connectivity index (χ2v) is 6.22. The molecule has 0 bridgehead atoms. The molecule has 4 rings (SSSR count). The summed E-state index contributed by atoms with van der Waals surface area (Å²) in [5.74, 6) is -0.303. The summed E-state index contributed by atoms with van der Waals surface area (Å²) in [6.45, 7) is 2.03. The molecule has 3 unspecified atom stereocenters. The van der Waals surface area contributed by atoms with E-state index < -0.39 is 0 Å². The molecule has 0 saturated carbocycles. The Kier molecular flexibility index (Phi) is 3.58. The van der Waals surface area contributed by atoms with Gasteiger partial charge in [-0.1, -0.05) is 42.5 Å². The van der Waals surface area contributed by atoms with Crippen LogP contribution in [0.5, 0.6) is 0 Å². The fourth-order valence-corrected chi connectivity index (χ4v) is 3.50. The summed E-state index contributed by atoms with van der Waals surface area (Å²) < 4.78 is 13.2. The largest absolute Gasteiger partial charge is 0.363 e. The maximum Gasteiger partial charge on any atom is 0.264 e. The lowest BCUT2D eigenvalue weighted by Crippen LogP contribution is -2.52. The van der Waals surface area contributed by atoms with E-state index in [1.165, 1.54) is 12.1 Å². The Morgan fingerprint density at radius 2 is 1.75 bits per heavy atom. The van der Waals surface area contributed by atoms with Crippen LogP contribution in [0, 0.1) is 5.82 Å². The lowest BCUT2D eigenvalue weighted by Gasteiger charge is -2.33. The van der Waals surface area contributed by atoms with Crippen LogP contribution in [-0.2, 0) is 4.79 Å². The average molecular weight is 323 g/mol. The molecule has 3 atom stereocenters. The van der Waals surface area contributed by atoms with E-state index in [4.69, 9.17) is 0 Å². The van der Waals surface area contributed by atoms with Gasteiger partial charge in [0, 0.05) is 23.7 Å². The second-order valence-electron chi connectivity index (χ2n) is 6.22. The molecular formula is C19H18FN3O. The van der Waals surface area contributed by atoms with E-state index >= 15 is 0 Å². The number of amides is 1. The minimum atomic E-state index is -0.258. The van der Waals surface area contributed by atoms with Crippen molar-refractivity contribution in [1.82, 2.24) is 15.8 Å². The minimum Gasteiger partial charge on any atom is -0.363 e. The van der Waals surface area contributed by atoms with Crippen molar-refractivity contribution in [2.75, 3.05) is 0 Å². The number of halogens is 1. The predicted octanol–water partition coefficient (Wildman–Crippen LogP) is 2.62. The number of benzene rings is 2. The van der Waals surface area contributed by atoms with Crippen LogP contribution in [0.1, 0.15) is 24.0 Å². The number of nitrogens with zero attached hydrogens (tertiary/aromatic N) is 1. The Labute approximate surface area is 139 Å². The van der Waals surface area contributed by atoms with Crippen LogP contribution in [0.3, 0.4) is 0 Å². The number of carbonyl (C=O) groups excluding carboxylic acids is 1. The predicted molar refractivity (Wildman–Crippen MR) is 89.9 cm³/mol. The maximum absolute atomic E-state index is 13.2. The normalized spacial score (nSPS) is 25.9. The molecule has 122 valence electrons. The van der Waals surface area contributed by atoms with Crippen molar-refractivity contribution in [2.24, 2.45) is 0 Å². The Bertz CT molecular complexity index is 788. The first-order valence-corrected chi connectivity index (χ1v) is 8.02. The summed E-state index contributed by atoms with van der Waals surface area (Å²) in [7, 11) is 0. The number of hydrogen-bond acceptors (Lipinski definition) is 3. The highest BCUT2D eigenvalue weighted by molar-refractivity contribution is 5.96. The van der Waals surface area contributed by atoms with Crippen LogP contribution < -0.4 is 10.7 Å². The van der Waals surface area contributed by atoms with Crippen molar-refractivity contribution in [2.45, 2.75) is 25.0 Å². The van der Waals surface area contributed by atoms with Gasteiger partial charge >= 0.3 is 0 Å². The van der Waals surface area contributed by atoms with E-state index in [0.717, 1.165) is 16.8 Å². The van der Waals surface area contributed by atoms with E-state index in [1.807, 2.05) is 37.3 Å². The SMILES string of the molecule is CC1NN2C(=O)C=C(c3ccccc3)NC2C1c1ccc(F)cc1. The Morgan fingerprint density at radius 3 is 2.46 bits per heavy atom. The van der Waals surface area contributed by atoms with Crippen molar-refractivity contribution in [3.05, 3.63) is 77.6 Å². The third-order valence-electron chi connectivity index (χ3n) is 4.65. The molecule has 5 heteroatoms. The standard InChI is InChI=1S/C19H18FN3O/c1-12-18(14-7-9-15(20)10-8-14)19-21-16(11-17(24)23(19)22-12)13-5-3-2-4-6-13/h2-12,18-19,21-22H,1H3. The van der Waals surface area contributed by atoms with Crippen LogP contribution >= 0.6 is 0 Å².